The summed E-state index contributed by atoms with van der Waals surface area (Å²) in [7, 11) is 0. The third-order valence-corrected chi connectivity index (χ3v) is 5.48. The van der Waals surface area contributed by atoms with Crippen LogP contribution in [0, 0.1) is 5.82 Å². The molecule has 0 saturated heterocycles. The van der Waals surface area contributed by atoms with E-state index in [1.54, 1.807) is 37.3 Å². The Balaban J connectivity index is 2.14. The van der Waals surface area contributed by atoms with Crippen LogP contribution in [0.4, 0.5) is 4.39 Å². The molecule has 2 aromatic heterocycles. The molecule has 0 fully saturated rings. The lowest BCUT2D eigenvalue weighted by atomic mass is 10.1. The molecule has 170 valence electrons. The van der Waals surface area contributed by atoms with Gasteiger partial charge in [0, 0.05) is 19.5 Å². The number of halogens is 1. The van der Waals surface area contributed by atoms with Gasteiger partial charge in [0.15, 0.2) is 11.2 Å². The molecule has 0 aliphatic heterocycles. The molecule has 4 rings (SSSR count). The van der Waals surface area contributed by atoms with E-state index < -0.39 is 23.0 Å². The third-order valence-electron chi connectivity index (χ3n) is 5.48. The fraction of sp³-hybridized carbons (Fsp3) is 0.250. The van der Waals surface area contributed by atoms with Crippen molar-refractivity contribution in [3.05, 3.63) is 92.1 Å². The topological polar surface area (TPSA) is 99.1 Å². The van der Waals surface area contributed by atoms with Crippen LogP contribution in [-0.2, 0) is 19.5 Å². The fourth-order valence-corrected chi connectivity index (χ4v) is 4.05. The highest BCUT2D eigenvalue weighted by Gasteiger charge is 2.24. The van der Waals surface area contributed by atoms with E-state index in [-0.39, 0.29) is 41.9 Å². The second-order valence-electron chi connectivity index (χ2n) is 7.65. The molecule has 9 heteroatoms. The van der Waals surface area contributed by atoms with Gasteiger partial charge in [0.1, 0.15) is 11.6 Å². The van der Waals surface area contributed by atoms with Gasteiger partial charge in [-0.2, -0.15) is 0 Å². The summed E-state index contributed by atoms with van der Waals surface area (Å²) in [5.41, 5.74) is 0.105. The first-order valence-electron chi connectivity index (χ1n) is 10.7. The Kier molecular flexibility index (Phi) is 5.95. The molecule has 0 saturated carbocycles. The SMILES string of the molecule is CCCn1c(=O)c2c(nc(Cc3cccc(F)c3)n2-c2ccccc2C(=O)O)n(CC)c1=O. The number of hydrogen-bond donors (Lipinski definition) is 1. The summed E-state index contributed by atoms with van der Waals surface area (Å²) in [5, 5.41) is 9.78. The molecule has 2 aromatic carbocycles. The highest BCUT2D eigenvalue weighted by molar-refractivity contribution is 5.93. The quantitative estimate of drug-likeness (QED) is 0.466. The van der Waals surface area contributed by atoms with Gasteiger partial charge >= 0.3 is 11.7 Å². The first kappa shape index (κ1) is 22.2. The highest BCUT2D eigenvalue weighted by Crippen LogP contribution is 2.24. The minimum Gasteiger partial charge on any atom is -0.478 e. The molecule has 0 radical (unpaired) electrons. The second-order valence-corrected chi connectivity index (χ2v) is 7.65. The predicted octanol–water partition coefficient (Wildman–Crippen LogP) is 3.21. The highest BCUT2D eigenvalue weighted by atomic mass is 19.1. The Labute approximate surface area is 188 Å². The standard InChI is InChI=1S/C24H23FN4O4/c1-3-12-28-22(30)20-21(27(4-2)24(28)33)26-19(14-15-8-7-9-16(25)13-15)29(20)18-11-6-5-10-17(18)23(31)32/h5-11,13H,3-4,12,14H2,1-2H3,(H,31,32). The van der Waals surface area contributed by atoms with E-state index in [1.807, 2.05) is 6.92 Å². The van der Waals surface area contributed by atoms with Gasteiger partial charge < -0.3 is 5.11 Å². The maximum Gasteiger partial charge on any atom is 0.337 e. The zero-order valence-corrected chi connectivity index (χ0v) is 18.3. The van der Waals surface area contributed by atoms with E-state index >= 15 is 0 Å². The maximum atomic E-state index is 13.8. The largest absolute Gasteiger partial charge is 0.478 e. The number of hydrogen-bond acceptors (Lipinski definition) is 4. The molecule has 0 atom stereocenters. The van der Waals surface area contributed by atoms with Crippen LogP contribution < -0.4 is 11.2 Å². The van der Waals surface area contributed by atoms with Crippen molar-refractivity contribution in [2.45, 2.75) is 39.8 Å². The monoisotopic (exact) mass is 450 g/mol. The van der Waals surface area contributed by atoms with Gasteiger partial charge in [0.05, 0.1) is 11.3 Å². The van der Waals surface area contributed by atoms with E-state index in [2.05, 4.69) is 4.98 Å². The summed E-state index contributed by atoms with van der Waals surface area (Å²) >= 11 is 0. The number of para-hydroxylation sites is 1. The van der Waals surface area contributed by atoms with Crippen molar-refractivity contribution < 1.29 is 14.3 Å². The number of nitrogens with zero attached hydrogens (tertiary/aromatic N) is 4. The van der Waals surface area contributed by atoms with E-state index in [4.69, 9.17) is 0 Å². The lowest BCUT2D eigenvalue weighted by Crippen LogP contribution is -2.40. The summed E-state index contributed by atoms with van der Waals surface area (Å²) < 4.78 is 17.9. The summed E-state index contributed by atoms with van der Waals surface area (Å²) in [6.45, 7) is 4.13. The van der Waals surface area contributed by atoms with Crippen LogP contribution >= 0.6 is 0 Å². The number of rotatable bonds is 7. The molecule has 0 aliphatic rings. The van der Waals surface area contributed by atoms with Crippen molar-refractivity contribution in [3.63, 3.8) is 0 Å². The Morgan fingerprint density at radius 2 is 1.82 bits per heavy atom. The zero-order valence-electron chi connectivity index (χ0n) is 18.3. The van der Waals surface area contributed by atoms with Crippen molar-refractivity contribution >= 4 is 17.1 Å². The summed E-state index contributed by atoms with van der Waals surface area (Å²) in [6.07, 6.45) is 0.700. The number of carbonyl (C=O) groups is 1. The molecular formula is C24H23FN4O4. The van der Waals surface area contributed by atoms with Crippen molar-refractivity contribution in [1.29, 1.82) is 0 Å². The minimum atomic E-state index is -1.16. The smallest absolute Gasteiger partial charge is 0.337 e. The van der Waals surface area contributed by atoms with Gasteiger partial charge in [-0.1, -0.05) is 31.2 Å². The number of benzene rings is 2. The normalized spacial score (nSPS) is 11.2. The Morgan fingerprint density at radius 1 is 1.06 bits per heavy atom. The van der Waals surface area contributed by atoms with Crippen LogP contribution in [0.15, 0.2) is 58.1 Å². The molecule has 0 amide bonds. The lowest BCUT2D eigenvalue weighted by Gasteiger charge is -2.13. The molecule has 0 aliphatic carbocycles. The molecule has 0 spiro atoms. The van der Waals surface area contributed by atoms with Gasteiger partial charge in [0.2, 0.25) is 0 Å². The van der Waals surface area contributed by atoms with Crippen molar-refractivity contribution in [2.24, 2.45) is 0 Å². The number of carboxylic acid groups (broad SMARTS) is 1. The van der Waals surface area contributed by atoms with Crippen LogP contribution in [-0.4, -0.2) is 29.8 Å². The molecular weight excluding hydrogens is 427 g/mol. The average molecular weight is 450 g/mol. The van der Waals surface area contributed by atoms with Crippen LogP contribution in [0.5, 0.6) is 0 Å². The van der Waals surface area contributed by atoms with Gasteiger partial charge in [-0.15, -0.1) is 0 Å². The first-order chi connectivity index (χ1) is 15.9. The van der Waals surface area contributed by atoms with Crippen molar-refractivity contribution in [1.82, 2.24) is 18.7 Å². The molecule has 33 heavy (non-hydrogen) atoms. The number of carboxylic acids is 1. The van der Waals surface area contributed by atoms with Crippen LogP contribution in [0.2, 0.25) is 0 Å². The van der Waals surface area contributed by atoms with Gasteiger partial charge in [-0.25, -0.2) is 19.0 Å². The molecule has 2 heterocycles. The van der Waals surface area contributed by atoms with Crippen LogP contribution in [0.25, 0.3) is 16.9 Å². The number of aryl methyl sites for hydroxylation is 1. The number of aromatic nitrogens is 4. The second kappa shape index (κ2) is 8.85. The van der Waals surface area contributed by atoms with E-state index in [0.29, 0.717) is 17.8 Å². The Bertz CT molecular complexity index is 1480. The van der Waals surface area contributed by atoms with Crippen LogP contribution in [0.3, 0.4) is 0 Å². The molecule has 0 unspecified atom stereocenters. The van der Waals surface area contributed by atoms with Crippen molar-refractivity contribution in [2.75, 3.05) is 0 Å². The van der Waals surface area contributed by atoms with Gasteiger partial charge in [-0.3, -0.25) is 18.5 Å². The third kappa shape index (κ3) is 3.86. The fourth-order valence-electron chi connectivity index (χ4n) is 4.05. The lowest BCUT2D eigenvalue weighted by molar-refractivity contribution is 0.0697. The van der Waals surface area contributed by atoms with E-state index in [1.165, 1.54) is 27.3 Å². The molecule has 4 aromatic rings. The average Bonchev–Trinajstić information content (AvgIpc) is 3.15. The zero-order chi connectivity index (χ0) is 23.7. The Morgan fingerprint density at radius 3 is 2.48 bits per heavy atom. The number of aromatic carboxylic acids is 1. The van der Waals surface area contributed by atoms with E-state index in [9.17, 15) is 23.9 Å². The van der Waals surface area contributed by atoms with Crippen molar-refractivity contribution in [3.8, 4) is 5.69 Å². The molecule has 0 bridgehead atoms. The molecule has 1 N–H and O–H groups in total. The summed E-state index contributed by atoms with van der Waals surface area (Å²) in [4.78, 5) is 43.1. The Hall–Kier alpha value is -4.01. The molecule has 8 nitrogen and oxygen atoms in total. The maximum absolute atomic E-state index is 13.8. The number of imidazole rings is 1. The van der Waals surface area contributed by atoms with Crippen LogP contribution in [0.1, 0.15) is 42.0 Å². The first-order valence-corrected chi connectivity index (χ1v) is 10.7. The van der Waals surface area contributed by atoms with E-state index in [0.717, 1.165) is 4.57 Å². The van der Waals surface area contributed by atoms with Gasteiger partial charge in [-0.05, 0) is 43.2 Å². The summed E-state index contributed by atoms with van der Waals surface area (Å²) in [6, 6.07) is 12.3. The predicted molar refractivity (Wildman–Crippen MR) is 122 cm³/mol. The number of fused-ring (bicyclic) bond motifs is 1. The minimum absolute atomic E-state index is 0.0204. The van der Waals surface area contributed by atoms with Gasteiger partial charge in [0.25, 0.3) is 5.56 Å². The summed E-state index contributed by atoms with van der Waals surface area (Å²) in [5.74, 6) is -1.25.